The highest BCUT2D eigenvalue weighted by atomic mass is 16.6. The first-order chi connectivity index (χ1) is 11.0. The molecule has 0 aliphatic carbocycles. The summed E-state index contributed by atoms with van der Waals surface area (Å²) in [4.78, 5) is 23.6. The molecule has 2 N–H and O–H groups in total. The predicted molar refractivity (Wildman–Crippen MR) is 87.2 cm³/mol. The molecular formula is C17H20N3O3+. The van der Waals surface area contributed by atoms with Crippen molar-refractivity contribution in [2.45, 2.75) is 13.1 Å². The van der Waals surface area contributed by atoms with Gasteiger partial charge in [-0.3, -0.25) is 14.9 Å². The number of hydrogen-bond acceptors (Lipinski definition) is 3. The molecule has 23 heavy (non-hydrogen) atoms. The summed E-state index contributed by atoms with van der Waals surface area (Å²) in [6.07, 6.45) is 0. The van der Waals surface area contributed by atoms with E-state index in [4.69, 9.17) is 0 Å². The Morgan fingerprint density at radius 1 is 1.13 bits per heavy atom. The number of nitro groups is 1. The van der Waals surface area contributed by atoms with Crippen molar-refractivity contribution < 1.29 is 14.6 Å². The summed E-state index contributed by atoms with van der Waals surface area (Å²) in [7, 11) is 4.18. The van der Waals surface area contributed by atoms with Gasteiger partial charge in [0.15, 0.2) is 0 Å². The van der Waals surface area contributed by atoms with E-state index >= 15 is 0 Å². The van der Waals surface area contributed by atoms with Crippen molar-refractivity contribution in [3.63, 3.8) is 0 Å². The molecule has 2 aromatic carbocycles. The van der Waals surface area contributed by atoms with Crippen LogP contribution >= 0.6 is 0 Å². The maximum Gasteiger partial charge on any atom is 0.270 e. The number of nitrogens with one attached hydrogen (secondary N) is 2. The van der Waals surface area contributed by atoms with Crippen molar-refractivity contribution in [1.29, 1.82) is 0 Å². The molecule has 0 spiro atoms. The van der Waals surface area contributed by atoms with Gasteiger partial charge in [0.25, 0.3) is 11.6 Å². The van der Waals surface area contributed by atoms with E-state index in [-0.39, 0.29) is 17.2 Å². The average molecular weight is 314 g/mol. The third kappa shape index (κ3) is 4.89. The van der Waals surface area contributed by atoms with Crippen molar-refractivity contribution in [2.24, 2.45) is 0 Å². The second kappa shape index (κ2) is 7.51. The normalized spacial score (nSPS) is 10.6. The number of carbonyl (C=O) groups excluding carboxylic acids is 1. The maximum absolute atomic E-state index is 12.1. The predicted octanol–water partition coefficient (Wildman–Crippen LogP) is 1.17. The number of non-ortho nitro benzene ring substituents is 1. The van der Waals surface area contributed by atoms with E-state index in [1.165, 1.54) is 28.7 Å². The monoisotopic (exact) mass is 314 g/mol. The summed E-state index contributed by atoms with van der Waals surface area (Å²) in [6, 6.07) is 13.7. The summed E-state index contributed by atoms with van der Waals surface area (Å²) in [5.74, 6) is -0.324. The van der Waals surface area contributed by atoms with Crippen molar-refractivity contribution in [2.75, 3.05) is 14.1 Å². The van der Waals surface area contributed by atoms with Crippen molar-refractivity contribution in [3.05, 3.63) is 75.3 Å². The quantitative estimate of drug-likeness (QED) is 0.621. The highest BCUT2D eigenvalue weighted by molar-refractivity contribution is 5.94. The Morgan fingerprint density at radius 3 is 2.39 bits per heavy atom. The molecule has 0 saturated carbocycles. The minimum absolute atomic E-state index is 0.0896. The molecule has 120 valence electrons. The number of carbonyl (C=O) groups is 1. The lowest BCUT2D eigenvalue weighted by Crippen LogP contribution is -3.04. The number of benzene rings is 2. The number of hydrogen-bond donors (Lipinski definition) is 2. The van der Waals surface area contributed by atoms with Gasteiger partial charge >= 0.3 is 0 Å². The average Bonchev–Trinajstić information content (AvgIpc) is 2.53. The highest BCUT2D eigenvalue weighted by Gasteiger charge is 2.11. The van der Waals surface area contributed by atoms with E-state index in [1.54, 1.807) is 6.07 Å². The third-order valence-electron chi connectivity index (χ3n) is 3.35. The lowest BCUT2D eigenvalue weighted by molar-refractivity contribution is -0.872. The van der Waals surface area contributed by atoms with E-state index in [1.807, 2.05) is 24.3 Å². The van der Waals surface area contributed by atoms with Crippen LogP contribution in [0.15, 0.2) is 48.5 Å². The van der Waals surface area contributed by atoms with Gasteiger partial charge in [-0.25, -0.2) is 0 Å². The molecule has 0 unspecified atom stereocenters. The summed E-state index contributed by atoms with van der Waals surface area (Å²) >= 11 is 0. The van der Waals surface area contributed by atoms with Gasteiger partial charge in [-0.15, -0.1) is 0 Å². The van der Waals surface area contributed by atoms with Gasteiger partial charge in [-0.2, -0.15) is 0 Å². The molecule has 0 atom stereocenters. The zero-order valence-corrected chi connectivity index (χ0v) is 13.2. The molecular weight excluding hydrogens is 294 g/mol. The van der Waals surface area contributed by atoms with Crippen LogP contribution in [0.5, 0.6) is 0 Å². The topological polar surface area (TPSA) is 76.7 Å². The van der Waals surface area contributed by atoms with Crippen LogP contribution in [0.25, 0.3) is 0 Å². The van der Waals surface area contributed by atoms with E-state index in [2.05, 4.69) is 19.4 Å². The molecule has 2 rings (SSSR count). The zero-order valence-electron chi connectivity index (χ0n) is 13.2. The van der Waals surface area contributed by atoms with Crippen LogP contribution in [-0.2, 0) is 13.1 Å². The standard InChI is InChI=1S/C17H19N3O3/c1-19(2)12-14-8-6-13(7-9-14)11-18-17(21)15-4-3-5-16(10-15)20(22)23/h3-10H,11-12H2,1-2H3,(H,18,21)/p+1. The minimum atomic E-state index is -0.512. The molecule has 0 heterocycles. The molecule has 0 bridgehead atoms. The molecule has 6 heteroatoms. The number of rotatable bonds is 6. The van der Waals surface area contributed by atoms with Crippen LogP contribution < -0.4 is 10.2 Å². The van der Waals surface area contributed by atoms with Crippen molar-refractivity contribution in [1.82, 2.24) is 5.32 Å². The molecule has 1 amide bonds. The molecule has 6 nitrogen and oxygen atoms in total. The lowest BCUT2D eigenvalue weighted by atomic mass is 10.1. The molecule has 0 saturated heterocycles. The number of nitro benzene ring substituents is 1. The second-order valence-corrected chi connectivity index (χ2v) is 5.69. The summed E-state index contributed by atoms with van der Waals surface area (Å²) < 4.78 is 0. The Labute approximate surface area is 134 Å². The van der Waals surface area contributed by atoms with Crippen LogP contribution in [0.3, 0.4) is 0 Å². The first kappa shape index (κ1) is 16.6. The van der Waals surface area contributed by atoms with E-state index < -0.39 is 4.92 Å². The Hall–Kier alpha value is -2.73. The Bertz CT molecular complexity index is 696. The van der Waals surface area contributed by atoms with Crippen LogP contribution in [0.1, 0.15) is 21.5 Å². The SMILES string of the molecule is C[NH+](C)Cc1ccc(CNC(=O)c2cccc([N+](=O)[O-])c2)cc1. The Balaban J connectivity index is 1.96. The van der Waals surface area contributed by atoms with Gasteiger partial charge in [0.2, 0.25) is 0 Å². The van der Waals surface area contributed by atoms with E-state index in [9.17, 15) is 14.9 Å². The van der Waals surface area contributed by atoms with Gasteiger partial charge in [0.1, 0.15) is 6.54 Å². The minimum Gasteiger partial charge on any atom is -0.348 e. The first-order valence-corrected chi connectivity index (χ1v) is 7.35. The number of nitrogens with zero attached hydrogens (tertiary/aromatic N) is 1. The van der Waals surface area contributed by atoms with Gasteiger partial charge in [-0.1, -0.05) is 30.3 Å². The van der Waals surface area contributed by atoms with E-state index in [0.29, 0.717) is 6.54 Å². The fraction of sp³-hybridized carbons (Fsp3) is 0.235. The highest BCUT2D eigenvalue weighted by Crippen LogP contribution is 2.13. The molecule has 0 radical (unpaired) electrons. The Morgan fingerprint density at radius 2 is 1.78 bits per heavy atom. The summed E-state index contributed by atoms with van der Waals surface area (Å²) in [6.45, 7) is 1.33. The molecule has 0 fully saturated rings. The molecule has 0 aliphatic heterocycles. The van der Waals surface area contributed by atoms with Gasteiger partial charge in [0.05, 0.1) is 19.0 Å². The van der Waals surface area contributed by atoms with Gasteiger partial charge < -0.3 is 10.2 Å². The molecule has 0 aromatic heterocycles. The zero-order chi connectivity index (χ0) is 16.8. The first-order valence-electron chi connectivity index (χ1n) is 7.35. The number of amides is 1. The van der Waals surface area contributed by atoms with Crippen molar-refractivity contribution in [3.8, 4) is 0 Å². The maximum atomic E-state index is 12.1. The van der Waals surface area contributed by atoms with Crippen LogP contribution in [0.4, 0.5) is 5.69 Å². The van der Waals surface area contributed by atoms with Crippen LogP contribution in [0.2, 0.25) is 0 Å². The van der Waals surface area contributed by atoms with Gasteiger partial charge in [-0.05, 0) is 11.6 Å². The fourth-order valence-electron chi connectivity index (χ4n) is 2.23. The fourth-order valence-corrected chi connectivity index (χ4v) is 2.23. The number of quaternary nitrogens is 1. The Kier molecular flexibility index (Phi) is 5.43. The molecule has 0 aliphatic rings. The van der Waals surface area contributed by atoms with E-state index in [0.717, 1.165) is 12.1 Å². The van der Waals surface area contributed by atoms with Crippen LogP contribution in [0, 0.1) is 10.1 Å². The smallest absolute Gasteiger partial charge is 0.270 e. The second-order valence-electron chi connectivity index (χ2n) is 5.69. The summed E-state index contributed by atoms with van der Waals surface area (Å²) in [5, 5.41) is 13.5. The third-order valence-corrected chi connectivity index (χ3v) is 3.35. The summed E-state index contributed by atoms with van der Waals surface area (Å²) in [5.41, 5.74) is 2.42. The lowest BCUT2D eigenvalue weighted by Gasteiger charge is -2.09. The van der Waals surface area contributed by atoms with Crippen molar-refractivity contribution >= 4 is 11.6 Å². The van der Waals surface area contributed by atoms with Crippen LogP contribution in [-0.4, -0.2) is 24.9 Å². The molecule has 2 aromatic rings. The van der Waals surface area contributed by atoms with Gasteiger partial charge in [0, 0.05) is 29.8 Å². The largest absolute Gasteiger partial charge is 0.348 e.